The quantitative estimate of drug-likeness (QED) is 0.240. The van der Waals surface area contributed by atoms with Gasteiger partial charge in [0, 0.05) is 27.7 Å². The molecule has 1 aliphatic heterocycles. The molecule has 184 valence electrons. The maximum absolute atomic E-state index is 12.9. The van der Waals surface area contributed by atoms with Gasteiger partial charge in [0.1, 0.15) is 6.10 Å². The second kappa shape index (κ2) is 12.9. The summed E-state index contributed by atoms with van der Waals surface area (Å²) in [6.07, 6.45) is -6.74. The largest absolute Gasteiger partial charge is 0.456 e. The highest BCUT2D eigenvalue weighted by Crippen LogP contribution is 2.49. The molecular formula is C19H31O12P. The molecule has 1 rings (SSSR count). The van der Waals surface area contributed by atoms with Crippen LogP contribution in [0.15, 0.2) is 0 Å². The molecule has 0 N–H and O–H groups in total. The molecule has 0 aromatic rings. The average Bonchev–Trinajstić information content (AvgIpc) is 2.64. The van der Waals surface area contributed by atoms with E-state index in [-0.39, 0.29) is 25.8 Å². The van der Waals surface area contributed by atoms with Crippen LogP contribution in [-0.4, -0.2) is 74.0 Å². The third-order valence-corrected chi connectivity index (χ3v) is 6.23. The van der Waals surface area contributed by atoms with Crippen molar-refractivity contribution in [2.24, 2.45) is 0 Å². The zero-order valence-corrected chi connectivity index (χ0v) is 20.0. The fraction of sp³-hybridized carbons (Fsp3) is 0.789. The predicted octanol–water partition coefficient (Wildman–Crippen LogP) is 1.73. The number of hydrogen-bond acceptors (Lipinski definition) is 12. The topological polar surface area (TPSA) is 150 Å². The van der Waals surface area contributed by atoms with Crippen LogP contribution in [0.2, 0.25) is 0 Å². The van der Waals surface area contributed by atoms with Crippen molar-refractivity contribution in [2.75, 3.05) is 19.4 Å². The Bertz CT molecular complexity index is 713. The Morgan fingerprint density at radius 2 is 1.16 bits per heavy atom. The Morgan fingerprint density at radius 3 is 1.59 bits per heavy atom. The molecule has 1 fully saturated rings. The van der Waals surface area contributed by atoms with Crippen LogP contribution < -0.4 is 0 Å². The van der Waals surface area contributed by atoms with Gasteiger partial charge in [-0.25, -0.2) is 0 Å². The number of ether oxygens (including phenoxy) is 5. The fourth-order valence-corrected chi connectivity index (χ4v) is 4.88. The van der Waals surface area contributed by atoms with E-state index in [1.165, 1.54) is 0 Å². The first kappa shape index (κ1) is 28.0. The first-order chi connectivity index (χ1) is 14.9. The van der Waals surface area contributed by atoms with Gasteiger partial charge in [-0.05, 0) is 20.3 Å². The van der Waals surface area contributed by atoms with Crippen molar-refractivity contribution in [3.63, 3.8) is 0 Å². The molecule has 5 atom stereocenters. The maximum Gasteiger partial charge on any atom is 0.330 e. The molecule has 13 heteroatoms. The monoisotopic (exact) mass is 482 g/mol. The van der Waals surface area contributed by atoms with Crippen LogP contribution in [0.1, 0.15) is 48.0 Å². The highest BCUT2D eigenvalue weighted by molar-refractivity contribution is 7.53. The van der Waals surface area contributed by atoms with Crippen molar-refractivity contribution < 1.29 is 56.5 Å². The predicted molar refractivity (Wildman–Crippen MR) is 107 cm³/mol. The standard InChI is InChI=1S/C19H31O12P/c1-7-25-32(24,26-8-2)10-9-15-16(27-11(3)20)17(28-12(4)21)18(29-13(5)22)19(31-15)30-14(6)23/h15-19H,7-10H2,1-6H3/t15-,16-,17+,18+,19?/m1/s1. The second-order valence-corrected chi connectivity index (χ2v) is 9.02. The van der Waals surface area contributed by atoms with Crippen LogP contribution >= 0.6 is 7.60 Å². The summed E-state index contributed by atoms with van der Waals surface area (Å²) in [6.45, 7) is 8.03. The van der Waals surface area contributed by atoms with Gasteiger partial charge in [0.15, 0.2) is 12.2 Å². The summed E-state index contributed by atoms with van der Waals surface area (Å²) >= 11 is 0. The molecule has 0 radical (unpaired) electrons. The van der Waals surface area contributed by atoms with Gasteiger partial charge in [-0.2, -0.15) is 0 Å². The maximum atomic E-state index is 12.9. The van der Waals surface area contributed by atoms with Gasteiger partial charge in [-0.15, -0.1) is 0 Å². The third kappa shape index (κ3) is 8.85. The first-order valence-electron chi connectivity index (χ1n) is 10.1. The van der Waals surface area contributed by atoms with E-state index in [4.69, 9.17) is 32.7 Å². The Kier molecular flexibility index (Phi) is 11.3. The van der Waals surface area contributed by atoms with E-state index in [0.29, 0.717) is 0 Å². The van der Waals surface area contributed by atoms with Crippen LogP contribution in [0.25, 0.3) is 0 Å². The highest BCUT2D eigenvalue weighted by Gasteiger charge is 2.53. The lowest BCUT2D eigenvalue weighted by Crippen LogP contribution is -2.62. The Labute approximate surface area is 186 Å². The van der Waals surface area contributed by atoms with Crippen molar-refractivity contribution in [2.45, 2.75) is 78.7 Å². The van der Waals surface area contributed by atoms with Gasteiger partial charge < -0.3 is 32.7 Å². The summed E-state index contributed by atoms with van der Waals surface area (Å²) in [5.74, 6) is -3.02. The van der Waals surface area contributed by atoms with Crippen LogP contribution in [0.4, 0.5) is 0 Å². The van der Waals surface area contributed by atoms with E-state index < -0.39 is 62.2 Å². The summed E-state index contributed by atoms with van der Waals surface area (Å²) < 4.78 is 50.1. The number of carbonyl (C=O) groups excluding carboxylic acids is 4. The summed E-state index contributed by atoms with van der Waals surface area (Å²) in [5.41, 5.74) is 0. The van der Waals surface area contributed by atoms with Gasteiger partial charge >= 0.3 is 31.5 Å². The van der Waals surface area contributed by atoms with Crippen molar-refractivity contribution in [3.05, 3.63) is 0 Å². The molecule has 0 amide bonds. The van der Waals surface area contributed by atoms with Crippen molar-refractivity contribution >= 4 is 31.5 Å². The van der Waals surface area contributed by atoms with E-state index in [9.17, 15) is 23.7 Å². The van der Waals surface area contributed by atoms with E-state index >= 15 is 0 Å². The summed E-state index contributed by atoms with van der Waals surface area (Å²) in [7, 11) is -3.50. The summed E-state index contributed by atoms with van der Waals surface area (Å²) in [4.78, 5) is 46.8. The molecule has 1 saturated heterocycles. The van der Waals surface area contributed by atoms with Gasteiger partial charge in [0.05, 0.1) is 19.4 Å². The van der Waals surface area contributed by atoms with E-state index in [2.05, 4.69) is 0 Å². The van der Waals surface area contributed by atoms with Crippen molar-refractivity contribution in [3.8, 4) is 0 Å². The zero-order chi connectivity index (χ0) is 24.5. The minimum atomic E-state index is -3.50. The van der Waals surface area contributed by atoms with E-state index in [0.717, 1.165) is 27.7 Å². The summed E-state index contributed by atoms with van der Waals surface area (Å²) in [5, 5.41) is 0. The van der Waals surface area contributed by atoms with Crippen molar-refractivity contribution in [1.82, 2.24) is 0 Å². The average molecular weight is 482 g/mol. The Morgan fingerprint density at radius 1 is 0.719 bits per heavy atom. The molecule has 1 aliphatic rings. The fourth-order valence-electron chi connectivity index (χ4n) is 3.19. The minimum Gasteiger partial charge on any atom is -0.456 e. The highest BCUT2D eigenvalue weighted by atomic mass is 31.2. The number of esters is 4. The van der Waals surface area contributed by atoms with Gasteiger partial charge in [0.25, 0.3) is 0 Å². The van der Waals surface area contributed by atoms with Crippen molar-refractivity contribution in [1.29, 1.82) is 0 Å². The molecular weight excluding hydrogens is 451 g/mol. The number of hydrogen-bond donors (Lipinski definition) is 0. The molecule has 0 aliphatic carbocycles. The lowest BCUT2D eigenvalue weighted by Gasteiger charge is -2.44. The number of carbonyl (C=O) groups is 4. The van der Waals surface area contributed by atoms with Gasteiger partial charge in [-0.3, -0.25) is 23.7 Å². The van der Waals surface area contributed by atoms with Crippen LogP contribution in [-0.2, 0) is 56.5 Å². The SMILES string of the molecule is CCOP(=O)(CC[C@H]1OC(OC(C)=O)[C@@H](OC(C)=O)[C@@H](OC(C)=O)[C@@H]1OC(C)=O)OCC. The minimum absolute atomic E-state index is 0.0441. The van der Waals surface area contributed by atoms with Crippen LogP contribution in [0, 0.1) is 0 Å². The molecule has 1 unspecified atom stereocenters. The molecule has 12 nitrogen and oxygen atoms in total. The normalized spacial score (nSPS) is 25.5. The first-order valence-corrected chi connectivity index (χ1v) is 11.9. The zero-order valence-electron chi connectivity index (χ0n) is 19.1. The molecule has 0 bridgehead atoms. The molecule has 1 heterocycles. The molecule has 0 saturated carbocycles. The lowest BCUT2D eigenvalue weighted by molar-refractivity contribution is -0.296. The Balaban J connectivity index is 3.33. The smallest absolute Gasteiger partial charge is 0.330 e. The summed E-state index contributed by atoms with van der Waals surface area (Å²) in [6, 6.07) is 0. The molecule has 0 aromatic heterocycles. The second-order valence-electron chi connectivity index (χ2n) is 6.83. The van der Waals surface area contributed by atoms with E-state index in [1.54, 1.807) is 13.8 Å². The van der Waals surface area contributed by atoms with Crippen LogP contribution in [0.5, 0.6) is 0 Å². The van der Waals surface area contributed by atoms with Crippen LogP contribution in [0.3, 0.4) is 0 Å². The van der Waals surface area contributed by atoms with Gasteiger partial charge in [0.2, 0.25) is 12.4 Å². The molecule has 32 heavy (non-hydrogen) atoms. The van der Waals surface area contributed by atoms with E-state index in [1.807, 2.05) is 0 Å². The number of rotatable bonds is 11. The molecule has 0 aromatic carbocycles. The van der Waals surface area contributed by atoms with Gasteiger partial charge in [-0.1, -0.05) is 0 Å². The Hall–Kier alpha value is -2.01. The molecule has 0 spiro atoms. The lowest BCUT2D eigenvalue weighted by atomic mass is 9.96. The third-order valence-electron chi connectivity index (χ3n) is 4.12.